The lowest BCUT2D eigenvalue weighted by Crippen LogP contribution is -2.31. The van der Waals surface area contributed by atoms with Crippen molar-refractivity contribution in [3.63, 3.8) is 0 Å². The second-order valence-corrected chi connectivity index (χ2v) is 5.37. The SMILES string of the molecule is Cc1cc(C)c(NC(=O)N(C)Cc2nc(C)no2)c(Cl)c1. The molecule has 1 heterocycles. The van der Waals surface area contributed by atoms with Crippen molar-refractivity contribution in [2.24, 2.45) is 0 Å². The number of benzene rings is 1. The quantitative estimate of drug-likeness (QED) is 0.944. The Labute approximate surface area is 128 Å². The fourth-order valence-corrected chi connectivity index (χ4v) is 2.32. The van der Waals surface area contributed by atoms with Crippen LogP contribution >= 0.6 is 11.6 Å². The van der Waals surface area contributed by atoms with Crippen LogP contribution in [0, 0.1) is 20.8 Å². The van der Waals surface area contributed by atoms with Gasteiger partial charge >= 0.3 is 6.03 Å². The van der Waals surface area contributed by atoms with Gasteiger partial charge in [-0.25, -0.2) is 4.79 Å². The van der Waals surface area contributed by atoms with Gasteiger partial charge in [-0.15, -0.1) is 0 Å². The van der Waals surface area contributed by atoms with Crippen LogP contribution in [-0.4, -0.2) is 28.1 Å². The van der Waals surface area contributed by atoms with E-state index in [2.05, 4.69) is 15.5 Å². The van der Waals surface area contributed by atoms with Crippen molar-refractivity contribution in [3.8, 4) is 0 Å². The molecule has 21 heavy (non-hydrogen) atoms. The fourth-order valence-electron chi connectivity index (χ4n) is 1.96. The van der Waals surface area contributed by atoms with E-state index in [1.54, 1.807) is 14.0 Å². The van der Waals surface area contributed by atoms with E-state index >= 15 is 0 Å². The lowest BCUT2D eigenvalue weighted by molar-refractivity contribution is 0.213. The number of urea groups is 1. The highest BCUT2D eigenvalue weighted by Crippen LogP contribution is 2.27. The van der Waals surface area contributed by atoms with Gasteiger partial charge in [-0.3, -0.25) is 0 Å². The van der Waals surface area contributed by atoms with E-state index in [0.29, 0.717) is 22.4 Å². The maximum absolute atomic E-state index is 12.2. The third kappa shape index (κ3) is 3.72. The zero-order chi connectivity index (χ0) is 15.6. The zero-order valence-electron chi connectivity index (χ0n) is 12.4. The number of hydrogen-bond donors (Lipinski definition) is 1. The number of anilines is 1. The molecule has 2 amide bonds. The van der Waals surface area contributed by atoms with Gasteiger partial charge in [0.1, 0.15) is 6.54 Å². The highest BCUT2D eigenvalue weighted by Gasteiger charge is 2.15. The van der Waals surface area contributed by atoms with E-state index in [9.17, 15) is 4.79 Å². The molecule has 0 spiro atoms. The van der Waals surface area contributed by atoms with Crippen molar-refractivity contribution in [2.75, 3.05) is 12.4 Å². The number of amides is 2. The number of rotatable bonds is 3. The predicted octanol–water partition coefficient (Wildman–Crippen LogP) is 3.31. The number of carbonyl (C=O) groups excluding carboxylic acids is 1. The Morgan fingerprint density at radius 3 is 2.67 bits per heavy atom. The summed E-state index contributed by atoms with van der Waals surface area (Å²) >= 11 is 6.17. The van der Waals surface area contributed by atoms with Gasteiger partial charge in [0.2, 0.25) is 5.89 Å². The van der Waals surface area contributed by atoms with E-state index in [1.165, 1.54) is 4.90 Å². The average molecular weight is 309 g/mol. The van der Waals surface area contributed by atoms with Gasteiger partial charge in [0.15, 0.2) is 5.82 Å². The first-order valence-corrected chi connectivity index (χ1v) is 6.82. The van der Waals surface area contributed by atoms with Crippen LogP contribution in [-0.2, 0) is 6.54 Å². The molecule has 0 radical (unpaired) electrons. The van der Waals surface area contributed by atoms with Crippen molar-refractivity contribution >= 4 is 23.3 Å². The molecule has 0 aliphatic carbocycles. The molecular formula is C14H17ClN4O2. The summed E-state index contributed by atoms with van der Waals surface area (Å²) in [7, 11) is 1.65. The normalized spacial score (nSPS) is 10.5. The molecule has 1 aromatic heterocycles. The summed E-state index contributed by atoms with van der Waals surface area (Å²) in [5, 5.41) is 7.00. The first-order valence-electron chi connectivity index (χ1n) is 6.45. The number of nitrogens with zero attached hydrogens (tertiary/aromatic N) is 3. The summed E-state index contributed by atoms with van der Waals surface area (Å²) < 4.78 is 4.99. The Morgan fingerprint density at radius 1 is 1.38 bits per heavy atom. The zero-order valence-corrected chi connectivity index (χ0v) is 13.2. The van der Waals surface area contributed by atoms with Crippen molar-refractivity contribution in [1.29, 1.82) is 0 Å². The molecule has 0 atom stereocenters. The molecule has 0 unspecified atom stereocenters. The number of carbonyl (C=O) groups is 1. The highest BCUT2D eigenvalue weighted by atomic mass is 35.5. The Balaban J connectivity index is 2.07. The predicted molar refractivity (Wildman–Crippen MR) is 80.4 cm³/mol. The second-order valence-electron chi connectivity index (χ2n) is 4.96. The summed E-state index contributed by atoms with van der Waals surface area (Å²) in [5.41, 5.74) is 2.57. The molecule has 7 heteroatoms. The van der Waals surface area contributed by atoms with Crippen molar-refractivity contribution in [1.82, 2.24) is 15.0 Å². The molecule has 0 fully saturated rings. The average Bonchev–Trinajstić information content (AvgIpc) is 2.78. The second kappa shape index (κ2) is 6.13. The minimum absolute atomic E-state index is 0.231. The van der Waals surface area contributed by atoms with Crippen LogP contribution in [0.2, 0.25) is 5.02 Å². The summed E-state index contributed by atoms with van der Waals surface area (Å²) in [6, 6.07) is 3.48. The largest absolute Gasteiger partial charge is 0.337 e. The minimum Gasteiger partial charge on any atom is -0.337 e. The monoisotopic (exact) mass is 308 g/mol. The lowest BCUT2D eigenvalue weighted by atomic mass is 10.1. The molecule has 0 aliphatic rings. The van der Waals surface area contributed by atoms with Crippen molar-refractivity contribution < 1.29 is 9.32 Å². The van der Waals surface area contributed by atoms with Gasteiger partial charge in [0.05, 0.1) is 10.7 Å². The van der Waals surface area contributed by atoms with Crippen LogP contribution in [0.25, 0.3) is 0 Å². The Morgan fingerprint density at radius 2 is 2.10 bits per heavy atom. The van der Waals surface area contributed by atoms with Crippen LogP contribution in [0.4, 0.5) is 10.5 Å². The smallest absolute Gasteiger partial charge is 0.322 e. The van der Waals surface area contributed by atoms with E-state index in [4.69, 9.17) is 16.1 Å². The van der Waals surface area contributed by atoms with Crippen molar-refractivity contribution in [3.05, 3.63) is 40.0 Å². The molecule has 0 saturated heterocycles. The van der Waals surface area contributed by atoms with E-state index in [1.807, 2.05) is 26.0 Å². The Kier molecular flexibility index (Phi) is 4.47. The molecule has 0 bridgehead atoms. The van der Waals surface area contributed by atoms with Crippen LogP contribution in [0.5, 0.6) is 0 Å². The maximum atomic E-state index is 12.2. The first kappa shape index (κ1) is 15.3. The maximum Gasteiger partial charge on any atom is 0.322 e. The van der Waals surface area contributed by atoms with E-state index in [-0.39, 0.29) is 12.6 Å². The standard InChI is InChI=1S/C14H17ClN4O2/c1-8-5-9(2)13(11(15)6-8)17-14(20)19(4)7-12-16-10(3)18-21-12/h5-6H,7H2,1-4H3,(H,17,20). The Hall–Kier alpha value is -2.08. The third-order valence-corrected chi connectivity index (χ3v) is 3.25. The molecule has 0 aliphatic heterocycles. The molecule has 0 saturated carbocycles. The van der Waals surface area contributed by atoms with Gasteiger partial charge < -0.3 is 14.7 Å². The molecule has 112 valence electrons. The van der Waals surface area contributed by atoms with Crippen LogP contribution < -0.4 is 5.32 Å². The molecule has 2 aromatic rings. The molecular weight excluding hydrogens is 292 g/mol. The molecule has 6 nitrogen and oxygen atoms in total. The summed E-state index contributed by atoms with van der Waals surface area (Å²) in [5.74, 6) is 0.924. The van der Waals surface area contributed by atoms with Crippen molar-refractivity contribution in [2.45, 2.75) is 27.3 Å². The summed E-state index contributed by atoms with van der Waals surface area (Å²) in [6.07, 6.45) is 0. The minimum atomic E-state index is -0.292. The number of aromatic nitrogens is 2. The van der Waals surface area contributed by atoms with Gasteiger partial charge in [-0.1, -0.05) is 22.8 Å². The third-order valence-electron chi connectivity index (χ3n) is 2.95. The topological polar surface area (TPSA) is 71.3 Å². The van der Waals surface area contributed by atoms with Gasteiger partial charge in [-0.05, 0) is 38.0 Å². The number of aryl methyl sites for hydroxylation is 3. The lowest BCUT2D eigenvalue weighted by Gasteiger charge is -2.18. The van der Waals surface area contributed by atoms with Gasteiger partial charge in [0.25, 0.3) is 0 Å². The Bertz CT molecular complexity index is 646. The van der Waals surface area contributed by atoms with E-state index in [0.717, 1.165) is 11.1 Å². The molecule has 2 rings (SSSR count). The fraction of sp³-hybridized carbons (Fsp3) is 0.357. The highest BCUT2D eigenvalue weighted by molar-refractivity contribution is 6.34. The number of hydrogen-bond acceptors (Lipinski definition) is 4. The van der Waals surface area contributed by atoms with Crippen LogP contribution in [0.3, 0.4) is 0 Å². The first-order chi connectivity index (χ1) is 9.86. The van der Waals surface area contributed by atoms with Gasteiger partial charge in [-0.2, -0.15) is 4.98 Å². The number of nitrogens with one attached hydrogen (secondary N) is 1. The van der Waals surface area contributed by atoms with Crippen LogP contribution in [0.1, 0.15) is 22.8 Å². The summed E-state index contributed by atoms with van der Waals surface area (Å²) in [4.78, 5) is 17.7. The molecule has 1 N–H and O–H groups in total. The molecule has 1 aromatic carbocycles. The summed E-state index contributed by atoms with van der Waals surface area (Å²) in [6.45, 7) is 5.81. The number of halogens is 1. The van der Waals surface area contributed by atoms with Crippen LogP contribution in [0.15, 0.2) is 16.7 Å². The van der Waals surface area contributed by atoms with E-state index < -0.39 is 0 Å². The van der Waals surface area contributed by atoms with Gasteiger partial charge in [0, 0.05) is 7.05 Å².